The maximum absolute atomic E-state index is 12.5. The van der Waals surface area contributed by atoms with E-state index in [0.29, 0.717) is 11.6 Å². The number of thiazole rings is 1. The zero-order valence-electron chi connectivity index (χ0n) is 13.9. The van der Waals surface area contributed by atoms with Crippen molar-refractivity contribution >= 4 is 28.8 Å². The van der Waals surface area contributed by atoms with E-state index >= 15 is 0 Å². The number of nitrogens with zero attached hydrogens (tertiary/aromatic N) is 1. The Morgan fingerprint density at radius 3 is 2.92 bits per heavy atom. The molecule has 1 atom stereocenters. The zero-order valence-corrected chi connectivity index (χ0v) is 15.5. The molecule has 0 saturated carbocycles. The number of carbonyl (C=O) groups excluding carboxylic acids is 1. The molecule has 0 fully saturated rings. The van der Waals surface area contributed by atoms with Gasteiger partial charge in [0.2, 0.25) is 5.91 Å². The molecule has 0 unspecified atom stereocenters. The summed E-state index contributed by atoms with van der Waals surface area (Å²) >= 11 is 7.72. The second-order valence-electron chi connectivity index (χ2n) is 6.10. The Hall–Kier alpha value is -2.37. The van der Waals surface area contributed by atoms with Crippen LogP contribution in [0, 0.1) is 0 Å². The standard InChI is InChI=1S/C20H17ClN2O2S/c21-16-7-3-1-5-14(16)20-22-13(12-26-20)11-19(24)23-17-9-10-25-18-8-4-2-6-15(17)18/h1-8,12,17H,9-11H2,(H,23,24)/t17-/m0/s1. The number of nitrogens with one attached hydrogen (secondary N) is 1. The highest BCUT2D eigenvalue weighted by molar-refractivity contribution is 7.13. The van der Waals surface area contributed by atoms with E-state index in [0.717, 1.165) is 34.0 Å². The molecule has 1 aromatic heterocycles. The van der Waals surface area contributed by atoms with Crippen molar-refractivity contribution in [1.29, 1.82) is 0 Å². The summed E-state index contributed by atoms with van der Waals surface area (Å²) in [5, 5.41) is 6.51. The van der Waals surface area contributed by atoms with Crippen LogP contribution in [0.3, 0.4) is 0 Å². The Bertz CT molecular complexity index is 941. The minimum atomic E-state index is -0.0392. The van der Waals surface area contributed by atoms with Crippen LogP contribution in [0.4, 0.5) is 0 Å². The number of benzene rings is 2. The normalized spacial score (nSPS) is 15.8. The van der Waals surface area contributed by atoms with Gasteiger partial charge < -0.3 is 10.1 Å². The highest BCUT2D eigenvalue weighted by Gasteiger charge is 2.23. The number of hydrogen-bond donors (Lipinski definition) is 1. The summed E-state index contributed by atoms with van der Waals surface area (Å²) < 4.78 is 5.64. The number of halogens is 1. The number of amides is 1. The largest absolute Gasteiger partial charge is 0.493 e. The molecule has 1 amide bonds. The number of fused-ring (bicyclic) bond motifs is 1. The third-order valence-corrected chi connectivity index (χ3v) is 5.55. The fourth-order valence-electron chi connectivity index (χ4n) is 3.05. The van der Waals surface area contributed by atoms with Gasteiger partial charge in [0.1, 0.15) is 10.8 Å². The molecular weight excluding hydrogens is 368 g/mol. The van der Waals surface area contributed by atoms with Gasteiger partial charge in [0, 0.05) is 22.9 Å². The van der Waals surface area contributed by atoms with Gasteiger partial charge in [-0.2, -0.15) is 0 Å². The van der Waals surface area contributed by atoms with Gasteiger partial charge in [-0.3, -0.25) is 4.79 Å². The zero-order chi connectivity index (χ0) is 17.9. The summed E-state index contributed by atoms with van der Waals surface area (Å²) in [6.45, 7) is 0.606. The highest BCUT2D eigenvalue weighted by Crippen LogP contribution is 2.32. The summed E-state index contributed by atoms with van der Waals surface area (Å²) in [4.78, 5) is 17.1. The molecule has 0 radical (unpaired) electrons. The molecule has 2 heterocycles. The molecule has 0 bridgehead atoms. The number of aromatic nitrogens is 1. The van der Waals surface area contributed by atoms with Gasteiger partial charge in [-0.25, -0.2) is 4.98 Å². The number of hydrogen-bond acceptors (Lipinski definition) is 4. The van der Waals surface area contributed by atoms with E-state index in [4.69, 9.17) is 16.3 Å². The molecule has 26 heavy (non-hydrogen) atoms. The lowest BCUT2D eigenvalue weighted by Crippen LogP contribution is -2.33. The molecule has 3 aromatic rings. The van der Waals surface area contributed by atoms with Crippen molar-refractivity contribution in [2.24, 2.45) is 0 Å². The average Bonchev–Trinajstić information content (AvgIpc) is 3.10. The van der Waals surface area contributed by atoms with E-state index in [-0.39, 0.29) is 18.4 Å². The maximum atomic E-state index is 12.5. The molecule has 132 valence electrons. The number of carbonyl (C=O) groups is 1. The van der Waals surface area contributed by atoms with Gasteiger partial charge in [0.05, 0.1) is 29.8 Å². The molecule has 1 aliphatic heterocycles. The van der Waals surface area contributed by atoms with Crippen molar-refractivity contribution in [2.75, 3.05) is 6.61 Å². The fourth-order valence-corrected chi connectivity index (χ4v) is 4.19. The quantitative estimate of drug-likeness (QED) is 0.712. The molecular formula is C20H17ClN2O2S. The van der Waals surface area contributed by atoms with Crippen molar-refractivity contribution in [3.63, 3.8) is 0 Å². The van der Waals surface area contributed by atoms with Crippen LogP contribution in [0.1, 0.15) is 23.7 Å². The Balaban J connectivity index is 1.44. The predicted octanol–water partition coefficient (Wildman–Crippen LogP) is 4.65. The molecule has 1 N–H and O–H groups in total. The number of ether oxygens (including phenoxy) is 1. The summed E-state index contributed by atoms with van der Waals surface area (Å²) in [7, 11) is 0. The van der Waals surface area contributed by atoms with Crippen molar-refractivity contribution < 1.29 is 9.53 Å². The first-order valence-corrected chi connectivity index (χ1v) is 9.67. The molecule has 6 heteroatoms. The van der Waals surface area contributed by atoms with Crippen LogP contribution >= 0.6 is 22.9 Å². The predicted molar refractivity (Wildman–Crippen MR) is 104 cm³/mol. The Morgan fingerprint density at radius 2 is 2.04 bits per heavy atom. The van der Waals surface area contributed by atoms with E-state index in [9.17, 15) is 4.79 Å². The molecule has 2 aromatic carbocycles. The maximum Gasteiger partial charge on any atom is 0.226 e. The molecule has 4 rings (SSSR count). The van der Waals surface area contributed by atoms with Gasteiger partial charge in [0.15, 0.2) is 0 Å². The van der Waals surface area contributed by atoms with E-state index in [2.05, 4.69) is 10.3 Å². The summed E-state index contributed by atoms with van der Waals surface area (Å²) in [6.07, 6.45) is 1.02. The van der Waals surface area contributed by atoms with Crippen molar-refractivity contribution in [1.82, 2.24) is 10.3 Å². The fraction of sp³-hybridized carbons (Fsp3) is 0.200. The van der Waals surface area contributed by atoms with E-state index in [1.54, 1.807) is 0 Å². The summed E-state index contributed by atoms with van der Waals surface area (Å²) in [5.41, 5.74) is 2.68. The lowest BCUT2D eigenvalue weighted by Gasteiger charge is -2.26. The molecule has 0 aliphatic carbocycles. The van der Waals surface area contributed by atoms with Crippen LogP contribution in [-0.4, -0.2) is 17.5 Å². The number of para-hydroxylation sites is 1. The third kappa shape index (κ3) is 3.59. The van der Waals surface area contributed by atoms with Crippen LogP contribution in [0.5, 0.6) is 5.75 Å². The molecule has 4 nitrogen and oxygen atoms in total. The Labute approximate surface area is 160 Å². The SMILES string of the molecule is O=C(Cc1csc(-c2ccccc2Cl)n1)N[C@H]1CCOc2ccccc21. The Kier molecular flexibility index (Phi) is 4.91. The van der Waals surface area contributed by atoms with Gasteiger partial charge in [-0.05, 0) is 12.1 Å². The third-order valence-electron chi connectivity index (χ3n) is 4.29. The van der Waals surface area contributed by atoms with Crippen LogP contribution in [-0.2, 0) is 11.2 Å². The van der Waals surface area contributed by atoms with Gasteiger partial charge >= 0.3 is 0 Å². The average molecular weight is 385 g/mol. The van der Waals surface area contributed by atoms with E-state index in [1.807, 2.05) is 53.9 Å². The van der Waals surface area contributed by atoms with Crippen LogP contribution in [0.25, 0.3) is 10.6 Å². The first-order chi connectivity index (χ1) is 12.7. The van der Waals surface area contributed by atoms with Gasteiger partial charge in [-0.1, -0.05) is 48.0 Å². The molecule has 1 aliphatic rings. The van der Waals surface area contributed by atoms with Gasteiger partial charge in [0.25, 0.3) is 0 Å². The number of rotatable bonds is 4. The summed E-state index contributed by atoms with van der Waals surface area (Å²) in [6, 6.07) is 15.4. The highest BCUT2D eigenvalue weighted by atomic mass is 35.5. The lowest BCUT2D eigenvalue weighted by atomic mass is 10.0. The van der Waals surface area contributed by atoms with Crippen LogP contribution in [0.15, 0.2) is 53.9 Å². The second-order valence-corrected chi connectivity index (χ2v) is 7.36. The first-order valence-electron chi connectivity index (χ1n) is 8.41. The smallest absolute Gasteiger partial charge is 0.226 e. The van der Waals surface area contributed by atoms with Crippen molar-refractivity contribution in [2.45, 2.75) is 18.9 Å². The molecule has 0 saturated heterocycles. The van der Waals surface area contributed by atoms with E-state index < -0.39 is 0 Å². The lowest BCUT2D eigenvalue weighted by molar-refractivity contribution is -0.121. The minimum Gasteiger partial charge on any atom is -0.493 e. The van der Waals surface area contributed by atoms with Crippen LogP contribution < -0.4 is 10.1 Å². The first kappa shape index (κ1) is 17.1. The van der Waals surface area contributed by atoms with Gasteiger partial charge in [-0.15, -0.1) is 11.3 Å². The van der Waals surface area contributed by atoms with Crippen LogP contribution in [0.2, 0.25) is 5.02 Å². The topological polar surface area (TPSA) is 51.2 Å². The van der Waals surface area contributed by atoms with E-state index in [1.165, 1.54) is 11.3 Å². The minimum absolute atomic E-state index is 0.0193. The van der Waals surface area contributed by atoms with Crippen molar-refractivity contribution in [3.05, 3.63) is 70.2 Å². The monoisotopic (exact) mass is 384 g/mol. The van der Waals surface area contributed by atoms with Crippen molar-refractivity contribution in [3.8, 4) is 16.3 Å². The Morgan fingerprint density at radius 1 is 1.23 bits per heavy atom. The second kappa shape index (κ2) is 7.48. The molecule has 0 spiro atoms. The summed E-state index contributed by atoms with van der Waals surface area (Å²) in [5.74, 6) is 0.807.